The number of nitrogens with zero attached hydrogens (tertiary/aromatic N) is 3. The molecule has 2 atom stereocenters. The van der Waals surface area contributed by atoms with Gasteiger partial charge in [-0.3, -0.25) is 14.5 Å². The predicted molar refractivity (Wildman–Crippen MR) is 89.4 cm³/mol. The summed E-state index contributed by atoms with van der Waals surface area (Å²) < 4.78 is 24.9. The zero-order chi connectivity index (χ0) is 17.3. The van der Waals surface area contributed by atoms with Crippen LogP contribution in [0.3, 0.4) is 0 Å². The van der Waals surface area contributed by atoms with E-state index in [4.69, 9.17) is 0 Å². The van der Waals surface area contributed by atoms with Gasteiger partial charge in [0.25, 0.3) is 5.91 Å². The van der Waals surface area contributed by atoms with Crippen molar-refractivity contribution in [2.24, 2.45) is 0 Å². The largest absolute Gasteiger partial charge is 0.345 e. The molecule has 3 heterocycles. The van der Waals surface area contributed by atoms with Gasteiger partial charge in [-0.1, -0.05) is 0 Å². The number of carbonyl (C=O) groups excluding carboxylic acids is 1. The molecule has 0 radical (unpaired) electrons. The van der Waals surface area contributed by atoms with Gasteiger partial charge in [-0.25, -0.2) is 8.42 Å². The molecule has 2 aromatic heterocycles. The molecule has 1 saturated heterocycles. The van der Waals surface area contributed by atoms with Gasteiger partial charge in [-0.15, -0.1) is 0 Å². The number of hydrogen-bond donors (Lipinski definition) is 1. The lowest BCUT2D eigenvalue weighted by Gasteiger charge is -2.15. The molecule has 0 saturated carbocycles. The SMILES string of the molecule is Cc1c(C(=O)N[C@H](C)c2ccncc2)cnn1[C@H]1CCS(=O)(=O)C1. The van der Waals surface area contributed by atoms with Crippen molar-refractivity contribution < 1.29 is 13.2 Å². The summed E-state index contributed by atoms with van der Waals surface area (Å²) in [5.41, 5.74) is 2.13. The maximum atomic E-state index is 12.5. The van der Waals surface area contributed by atoms with E-state index in [2.05, 4.69) is 15.4 Å². The van der Waals surface area contributed by atoms with E-state index >= 15 is 0 Å². The Hall–Kier alpha value is -2.22. The maximum absolute atomic E-state index is 12.5. The molecular weight excluding hydrogens is 328 g/mol. The first-order valence-electron chi connectivity index (χ1n) is 7.83. The number of aromatic nitrogens is 3. The van der Waals surface area contributed by atoms with Crippen molar-refractivity contribution in [2.75, 3.05) is 11.5 Å². The highest BCUT2D eigenvalue weighted by Crippen LogP contribution is 2.25. The first-order valence-corrected chi connectivity index (χ1v) is 9.65. The first kappa shape index (κ1) is 16.6. The standard InChI is InChI=1S/C16H20N4O3S/c1-11(13-3-6-17-7-4-13)19-16(21)15-9-18-20(12(15)2)14-5-8-24(22,23)10-14/h3-4,6-7,9,11,14H,5,8,10H2,1-2H3,(H,19,21)/t11-,14+/m1/s1. The Balaban J connectivity index is 1.75. The molecule has 0 aliphatic carbocycles. The zero-order valence-corrected chi connectivity index (χ0v) is 14.5. The van der Waals surface area contributed by atoms with Gasteiger partial charge in [-0.05, 0) is 38.0 Å². The van der Waals surface area contributed by atoms with E-state index in [1.54, 1.807) is 24.0 Å². The third-order valence-corrected chi connectivity index (χ3v) is 6.15. The minimum atomic E-state index is -2.99. The number of rotatable bonds is 4. The molecule has 1 amide bonds. The van der Waals surface area contributed by atoms with E-state index in [1.807, 2.05) is 19.1 Å². The van der Waals surface area contributed by atoms with Crippen molar-refractivity contribution >= 4 is 15.7 Å². The van der Waals surface area contributed by atoms with Crippen molar-refractivity contribution in [3.63, 3.8) is 0 Å². The van der Waals surface area contributed by atoms with Crippen LogP contribution in [0.15, 0.2) is 30.7 Å². The van der Waals surface area contributed by atoms with Gasteiger partial charge in [0.15, 0.2) is 9.84 Å². The Morgan fingerprint density at radius 1 is 1.38 bits per heavy atom. The van der Waals surface area contributed by atoms with Crippen LogP contribution in [0.1, 0.15) is 47.0 Å². The molecule has 0 aromatic carbocycles. The molecule has 0 unspecified atom stereocenters. The number of amides is 1. The summed E-state index contributed by atoms with van der Waals surface area (Å²) >= 11 is 0. The Morgan fingerprint density at radius 3 is 2.71 bits per heavy atom. The molecule has 7 nitrogen and oxygen atoms in total. The average Bonchev–Trinajstić information content (AvgIpc) is 3.10. The summed E-state index contributed by atoms with van der Waals surface area (Å²) in [6.45, 7) is 3.69. The quantitative estimate of drug-likeness (QED) is 0.902. The number of sulfone groups is 1. The van der Waals surface area contributed by atoms with E-state index in [1.165, 1.54) is 6.20 Å². The van der Waals surface area contributed by atoms with Crippen molar-refractivity contribution in [3.8, 4) is 0 Å². The molecule has 3 rings (SSSR count). The lowest BCUT2D eigenvalue weighted by Crippen LogP contribution is -2.27. The highest BCUT2D eigenvalue weighted by molar-refractivity contribution is 7.91. The lowest BCUT2D eigenvalue weighted by molar-refractivity contribution is 0.0939. The summed E-state index contributed by atoms with van der Waals surface area (Å²) in [7, 11) is -2.99. The minimum absolute atomic E-state index is 0.0873. The van der Waals surface area contributed by atoms with Crippen LogP contribution in [-0.4, -0.2) is 40.6 Å². The van der Waals surface area contributed by atoms with Crippen molar-refractivity contribution in [1.82, 2.24) is 20.1 Å². The van der Waals surface area contributed by atoms with Crippen LogP contribution in [0.25, 0.3) is 0 Å². The molecule has 1 fully saturated rings. The van der Waals surface area contributed by atoms with E-state index in [-0.39, 0.29) is 29.5 Å². The summed E-state index contributed by atoms with van der Waals surface area (Å²) in [6, 6.07) is 3.36. The van der Waals surface area contributed by atoms with Crippen LogP contribution >= 0.6 is 0 Å². The van der Waals surface area contributed by atoms with Crippen molar-refractivity contribution in [1.29, 1.82) is 0 Å². The van der Waals surface area contributed by atoms with Crippen LogP contribution in [0.2, 0.25) is 0 Å². The van der Waals surface area contributed by atoms with E-state index in [0.717, 1.165) is 5.56 Å². The van der Waals surface area contributed by atoms with E-state index < -0.39 is 9.84 Å². The number of hydrogen-bond acceptors (Lipinski definition) is 5. The fraction of sp³-hybridized carbons (Fsp3) is 0.438. The highest BCUT2D eigenvalue weighted by Gasteiger charge is 2.31. The average molecular weight is 348 g/mol. The summed E-state index contributed by atoms with van der Waals surface area (Å²) in [6.07, 6.45) is 5.41. The molecule has 1 N–H and O–H groups in total. The van der Waals surface area contributed by atoms with Gasteiger partial charge in [-0.2, -0.15) is 5.10 Å². The summed E-state index contributed by atoms with van der Waals surface area (Å²) in [5, 5.41) is 7.18. The minimum Gasteiger partial charge on any atom is -0.345 e. The predicted octanol–water partition coefficient (Wildman–Crippen LogP) is 1.44. The maximum Gasteiger partial charge on any atom is 0.255 e. The van der Waals surface area contributed by atoms with Crippen LogP contribution in [-0.2, 0) is 9.84 Å². The highest BCUT2D eigenvalue weighted by atomic mass is 32.2. The van der Waals surface area contributed by atoms with Gasteiger partial charge in [0.2, 0.25) is 0 Å². The summed E-state index contributed by atoms with van der Waals surface area (Å²) in [5.74, 6) is 0.0469. The number of pyridine rings is 1. The van der Waals surface area contributed by atoms with Crippen LogP contribution in [0.4, 0.5) is 0 Å². The third-order valence-electron chi connectivity index (χ3n) is 4.40. The fourth-order valence-corrected chi connectivity index (χ4v) is 4.68. The second kappa shape index (κ2) is 6.35. The van der Waals surface area contributed by atoms with Gasteiger partial charge >= 0.3 is 0 Å². The van der Waals surface area contributed by atoms with Gasteiger partial charge in [0, 0.05) is 18.1 Å². The lowest BCUT2D eigenvalue weighted by atomic mass is 10.1. The number of carbonyl (C=O) groups is 1. The van der Waals surface area contributed by atoms with Gasteiger partial charge < -0.3 is 5.32 Å². The van der Waals surface area contributed by atoms with Crippen LogP contribution < -0.4 is 5.32 Å². The second-order valence-electron chi connectivity index (χ2n) is 6.12. The monoisotopic (exact) mass is 348 g/mol. The molecule has 0 spiro atoms. The van der Waals surface area contributed by atoms with Gasteiger partial charge in [0.05, 0.1) is 35.3 Å². The van der Waals surface area contributed by atoms with E-state index in [0.29, 0.717) is 17.7 Å². The first-order chi connectivity index (χ1) is 11.4. The number of nitrogens with one attached hydrogen (secondary N) is 1. The fourth-order valence-electron chi connectivity index (χ4n) is 2.99. The Kier molecular flexibility index (Phi) is 4.40. The molecule has 128 valence electrons. The van der Waals surface area contributed by atoms with E-state index in [9.17, 15) is 13.2 Å². The Bertz CT molecular complexity index is 845. The molecule has 8 heteroatoms. The smallest absolute Gasteiger partial charge is 0.255 e. The topological polar surface area (TPSA) is 93.9 Å². The summed E-state index contributed by atoms with van der Waals surface area (Å²) in [4.78, 5) is 16.5. The Morgan fingerprint density at radius 2 is 2.08 bits per heavy atom. The molecular formula is C16H20N4O3S. The molecule has 2 aromatic rings. The zero-order valence-electron chi connectivity index (χ0n) is 13.6. The van der Waals surface area contributed by atoms with Crippen LogP contribution in [0.5, 0.6) is 0 Å². The van der Waals surface area contributed by atoms with Crippen molar-refractivity contribution in [2.45, 2.75) is 32.4 Å². The molecule has 1 aliphatic heterocycles. The normalized spacial score (nSPS) is 20.7. The van der Waals surface area contributed by atoms with Crippen LogP contribution in [0, 0.1) is 6.92 Å². The molecule has 24 heavy (non-hydrogen) atoms. The van der Waals surface area contributed by atoms with Gasteiger partial charge in [0.1, 0.15) is 0 Å². The van der Waals surface area contributed by atoms with Crippen molar-refractivity contribution in [3.05, 3.63) is 47.5 Å². The third kappa shape index (κ3) is 3.33. The molecule has 1 aliphatic rings. The second-order valence-corrected chi connectivity index (χ2v) is 8.35. The Labute approximate surface area is 141 Å². The molecule has 0 bridgehead atoms.